The number of pyridine rings is 1. The SMILES string of the molecule is CS(=O)(=O)c1cccnc1NCC1(c2cccs2)CCCCC1. The molecule has 1 N–H and O–H groups in total. The molecule has 0 bridgehead atoms. The van der Waals surface area contributed by atoms with Gasteiger partial charge in [-0.25, -0.2) is 13.4 Å². The van der Waals surface area contributed by atoms with Gasteiger partial charge >= 0.3 is 0 Å². The first-order chi connectivity index (χ1) is 11.0. The summed E-state index contributed by atoms with van der Waals surface area (Å²) in [6.07, 6.45) is 8.87. The smallest absolute Gasteiger partial charge is 0.179 e. The molecule has 0 saturated heterocycles. The molecule has 6 heteroatoms. The van der Waals surface area contributed by atoms with E-state index in [0.29, 0.717) is 5.82 Å². The highest BCUT2D eigenvalue weighted by Gasteiger charge is 2.35. The minimum Gasteiger partial charge on any atom is -0.368 e. The summed E-state index contributed by atoms with van der Waals surface area (Å²) in [5.74, 6) is 0.469. The summed E-state index contributed by atoms with van der Waals surface area (Å²) in [5, 5.41) is 5.45. The Morgan fingerprint density at radius 3 is 2.65 bits per heavy atom. The standard InChI is InChI=1S/C17H22N2O2S2/c1-23(20,21)14-7-5-11-18-16(14)19-13-17(9-3-2-4-10-17)15-8-6-12-22-15/h5-8,11-12H,2-4,9-10,13H2,1H3,(H,18,19). The van der Waals surface area contributed by atoms with Gasteiger partial charge in [-0.15, -0.1) is 11.3 Å². The third kappa shape index (κ3) is 3.58. The second-order valence-electron chi connectivity index (χ2n) is 6.29. The molecule has 0 aliphatic heterocycles. The summed E-state index contributed by atoms with van der Waals surface area (Å²) >= 11 is 1.79. The average Bonchev–Trinajstić information content (AvgIpc) is 3.08. The van der Waals surface area contributed by atoms with Gasteiger partial charge in [0.25, 0.3) is 0 Å². The second-order valence-corrected chi connectivity index (χ2v) is 9.23. The molecule has 23 heavy (non-hydrogen) atoms. The molecule has 0 atom stereocenters. The molecule has 0 radical (unpaired) electrons. The van der Waals surface area contributed by atoms with Crippen molar-refractivity contribution >= 4 is 27.0 Å². The van der Waals surface area contributed by atoms with Crippen molar-refractivity contribution in [2.45, 2.75) is 42.4 Å². The fourth-order valence-electron chi connectivity index (χ4n) is 3.39. The quantitative estimate of drug-likeness (QED) is 0.889. The first-order valence-corrected chi connectivity index (χ1v) is 10.7. The van der Waals surface area contributed by atoms with Crippen molar-refractivity contribution in [1.82, 2.24) is 4.98 Å². The van der Waals surface area contributed by atoms with Gasteiger partial charge in [-0.3, -0.25) is 0 Å². The number of sulfone groups is 1. The zero-order valence-electron chi connectivity index (χ0n) is 13.3. The van der Waals surface area contributed by atoms with Crippen LogP contribution in [0.3, 0.4) is 0 Å². The number of aromatic nitrogens is 1. The Morgan fingerprint density at radius 1 is 1.22 bits per heavy atom. The summed E-state index contributed by atoms with van der Waals surface area (Å²) in [5.41, 5.74) is 0.0959. The van der Waals surface area contributed by atoms with E-state index in [1.165, 1.54) is 30.4 Å². The Balaban J connectivity index is 1.86. The van der Waals surface area contributed by atoms with Crippen molar-refractivity contribution in [2.24, 2.45) is 0 Å². The number of rotatable bonds is 5. The molecule has 2 aromatic rings. The lowest BCUT2D eigenvalue weighted by atomic mass is 9.73. The fourth-order valence-corrected chi connectivity index (χ4v) is 5.18. The highest BCUT2D eigenvalue weighted by molar-refractivity contribution is 7.90. The van der Waals surface area contributed by atoms with E-state index in [1.807, 2.05) is 0 Å². The zero-order valence-corrected chi connectivity index (χ0v) is 14.9. The Bertz CT molecular complexity index is 749. The predicted octanol–water partition coefficient (Wildman–Crippen LogP) is 3.86. The third-order valence-electron chi connectivity index (χ3n) is 4.62. The van der Waals surface area contributed by atoms with Crippen molar-refractivity contribution in [1.29, 1.82) is 0 Å². The second kappa shape index (κ2) is 6.61. The lowest BCUT2D eigenvalue weighted by Gasteiger charge is -2.37. The predicted molar refractivity (Wildman–Crippen MR) is 94.9 cm³/mol. The molecule has 2 heterocycles. The van der Waals surface area contributed by atoms with Crippen LogP contribution < -0.4 is 5.32 Å². The molecule has 4 nitrogen and oxygen atoms in total. The van der Waals surface area contributed by atoms with Crippen molar-refractivity contribution in [3.05, 3.63) is 40.7 Å². The van der Waals surface area contributed by atoms with E-state index >= 15 is 0 Å². The van der Waals surface area contributed by atoms with Crippen LogP contribution in [0.15, 0.2) is 40.7 Å². The van der Waals surface area contributed by atoms with E-state index in [-0.39, 0.29) is 10.3 Å². The van der Waals surface area contributed by atoms with E-state index in [2.05, 4.69) is 27.8 Å². The van der Waals surface area contributed by atoms with Gasteiger partial charge in [0, 0.05) is 29.3 Å². The molecule has 0 unspecified atom stereocenters. The summed E-state index contributed by atoms with van der Waals surface area (Å²) in [6.45, 7) is 0.729. The van der Waals surface area contributed by atoms with Gasteiger partial charge < -0.3 is 5.32 Å². The first-order valence-electron chi connectivity index (χ1n) is 7.94. The number of nitrogens with zero attached hydrogens (tertiary/aromatic N) is 1. The molecule has 0 amide bonds. The monoisotopic (exact) mass is 350 g/mol. The van der Waals surface area contributed by atoms with E-state index in [1.54, 1.807) is 29.7 Å². The number of anilines is 1. The maximum absolute atomic E-state index is 11.9. The van der Waals surface area contributed by atoms with E-state index in [4.69, 9.17) is 0 Å². The molecule has 1 saturated carbocycles. The van der Waals surface area contributed by atoms with Crippen molar-refractivity contribution in [3.8, 4) is 0 Å². The van der Waals surface area contributed by atoms with Crippen molar-refractivity contribution < 1.29 is 8.42 Å². The molecule has 1 fully saturated rings. The first kappa shape index (κ1) is 16.5. The molecule has 0 spiro atoms. The zero-order chi connectivity index (χ0) is 16.3. The molecule has 124 valence electrons. The Morgan fingerprint density at radius 2 is 2.00 bits per heavy atom. The summed E-state index contributed by atoms with van der Waals surface area (Å²) in [6, 6.07) is 7.58. The van der Waals surface area contributed by atoms with Gasteiger partial charge in [0.2, 0.25) is 0 Å². The lowest BCUT2D eigenvalue weighted by molar-refractivity contribution is 0.313. The van der Waals surface area contributed by atoms with Gasteiger partial charge in [0.15, 0.2) is 9.84 Å². The van der Waals surface area contributed by atoms with Crippen LogP contribution in [0.25, 0.3) is 0 Å². The van der Waals surface area contributed by atoms with Crippen LogP contribution in [0.5, 0.6) is 0 Å². The molecule has 1 aliphatic carbocycles. The number of hydrogen-bond donors (Lipinski definition) is 1. The number of nitrogens with one attached hydrogen (secondary N) is 1. The summed E-state index contributed by atoms with van der Waals surface area (Å²) in [4.78, 5) is 5.92. The molecular formula is C17H22N2O2S2. The molecule has 1 aliphatic rings. The van der Waals surface area contributed by atoms with E-state index in [9.17, 15) is 8.42 Å². The number of hydrogen-bond acceptors (Lipinski definition) is 5. The van der Waals surface area contributed by atoms with Crippen LogP contribution in [0.1, 0.15) is 37.0 Å². The van der Waals surface area contributed by atoms with Crippen LogP contribution in [0, 0.1) is 0 Å². The highest BCUT2D eigenvalue weighted by Crippen LogP contribution is 2.41. The maximum Gasteiger partial charge on any atom is 0.179 e. The fraction of sp³-hybridized carbons (Fsp3) is 0.471. The van der Waals surface area contributed by atoms with Crippen LogP contribution in [0.4, 0.5) is 5.82 Å². The van der Waals surface area contributed by atoms with Crippen molar-refractivity contribution in [3.63, 3.8) is 0 Å². The minimum atomic E-state index is -3.28. The van der Waals surface area contributed by atoms with Crippen LogP contribution in [0.2, 0.25) is 0 Å². The molecule has 2 aromatic heterocycles. The lowest BCUT2D eigenvalue weighted by Crippen LogP contribution is -2.36. The van der Waals surface area contributed by atoms with E-state index in [0.717, 1.165) is 19.4 Å². The molecular weight excluding hydrogens is 328 g/mol. The normalized spacial score (nSPS) is 17.8. The van der Waals surface area contributed by atoms with Crippen LogP contribution >= 0.6 is 11.3 Å². The number of thiophene rings is 1. The van der Waals surface area contributed by atoms with E-state index < -0.39 is 9.84 Å². The van der Waals surface area contributed by atoms with Gasteiger partial charge in [0.1, 0.15) is 10.7 Å². The Hall–Kier alpha value is -1.40. The summed E-state index contributed by atoms with van der Waals surface area (Å²) < 4.78 is 23.9. The van der Waals surface area contributed by atoms with Gasteiger partial charge in [-0.2, -0.15) is 0 Å². The highest BCUT2D eigenvalue weighted by atomic mass is 32.2. The largest absolute Gasteiger partial charge is 0.368 e. The maximum atomic E-state index is 11.9. The minimum absolute atomic E-state index is 0.0959. The van der Waals surface area contributed by atoms with Gasteiger partial charge in [-0.1, -0.05) is 25.3 Å². The Kier molecular flexibility index (Phi) is 4.73. The van der Waals surface area contributed by atoms with Crippen molar-refractivity contribution in [2.75, 3.05) is 18.1 Å². The van der Waals surface area contributed by atoms with Crippen LogP contribution in [-0.2, 0) is 15.3 Å². The topological polar surface area (TPSA) is 59.1 Å². The molecule has 3 rings (SSSR count). The Labute approximate surface area is 141 Å². The third-order valence-corrected chi connectivity index (χ3v) is 6.86. The van der Waals surface area contributed by atoms with Gasteiger partial charge in [0.05, 0.1) is 0 Å². The molecule has 0 aromatic carbocycles. The average molecular weight is 351 g/mol. The summed E-state index contributed by atoms with van der Waals surface area (Å²) in [7, 11) is -3.28. The van der Waals surface area contributed by atoms with Gasteiger partial charge in [-0.05, 0) is 36.4 Å². The van der Waals surface area contributed by atoms with Crippen LogP contribution in [-0.4, -0.2) is 26.2 Å².